The van der Waals surface area contributed by atoms with E-state index in [9.17, 15) is 19.2 Å². The highest BCUT2D eigenvalue weighted by Crippen LogP contribution is 2.22. The fraction of sp³-hybridized carbons (Fsp3) is 0.171. The van der Waals surface area contributed by atoms with Crippen molar-refractivity contribution in [2.75, 3.05) is 18.1 Å². The predicted octanol–water partition coefficient (Wildman–Crippen LogP) is 3.27. The molecule has 12 heteroatoms. The first kappa shape index (κ1) is 32.5. The Morgan fingerprint density at radius 2 is 1.45 bits per heavy atom. The minimum atomic E-state index is -1.07. The van der Waals surface area contributed by atoms with Crippen LogP contribution in [0, 0.1) is 5.41 Å². The Balaban J connectivity index is 1.30. The van der Waals surface area contributed by atoms with Gasteiger partial charge in [0.1, 0.15) is 25.0 Å². The minimum absolute atomic E-state index is 0.118. The van der Waals surface area contributed by atoms with Gasteiger partial charge in [0.2, 0.25) is 5.91 Å². The average Bonchev–Trinajstić information content (AvgIpc) is 3.08. The molecule has 2 atom stereocenters. The van der Waals surface area contributed by atoms with Gasteiger partial charge in [-0.15, -0.1) is 0 Å². The lowest BCUT2D eigenvalue weighted by molar-refractivity contribution is -0.131. The lowest BCUT2D eigenvalue weighted by Gasteiger charge is -2.42. The van der Waals surface area contributed by atoms with Gasteiger partial charge in [-0.3, -0.25) is 25.6 Å². The number of nitrogens with zero attached hydrogens (tertiary/aromatic N) is 2. The molecule has 6 N–H and O–H groups in total. The number of anilines is 1. The van der Waals surface area contributed by atoms with E-state index in [1.54, 1.807) is 42.5 Å². The number of carbonyl (C=O) groups is 4. The van der Waals surface area contributed by atoms with Crippen LogP contribution in [0.15, 0.2) is 115 Å². The van der Waals surface area contributed by atoms with Crippen LogP contribution in [0.5, 0.6) is 0 Å². The van der Waals surface area contributed by atoms with Gasteiger partial charge >= 0.3 is 12.0 Å². The normalized spacial score (nSPS) is 15.4. The van der Waals surface area contributed by atoms with Gasteiger partial charge in [0, 0.05) is 6.54 Å². The number of imide groups is 1. The van der Waals surface area contributed by atoms with Gasteiger partial charge in [0.05, 0.1) is 11.3 Å². The van der Waals surface area contributed by atoms with Gasteiger partial charge in [0.25, 0.3) is 5.91 Å². The predicted molar refractivity (Wildman–Crippen MR) is 176 cm³/mol. The van der Waals surface area contributed by atoms with E-state index in [2.05, 4.69) is 16.0 Å². The molecule has 240 valence electrons. The summed E-state index contributed by atoms with van der Waals surface area (Å²) in [6, 6.07) is 32.1. The molecule has 1 heterocycles. The number of esters is 1. The molecule has 2 unspecified atom stereocenters. The van der Waals surface area contributed by atoms with Crippen LogP contribution >= 0.6 is 0 Å². The van der Waals surface area contributed by atoms with Gasteiger partial charge in [-0.1, -0.05) is 91.0 Å². The van der Waals surface area contributed by atoms with Gasteiger partial charge in [0.15, 0.2) is 6.17 Å². The zero-order valence-electron chi connectivity index (χ0n) is 25.5. The number of rotatable bonds is 13. The summed E-state index contributed by atoms with van der Waals surface area (Å²) in [6.07, 6.45) is -0.467. The Kier molecular flexibility index (Phi) is 10.7. The van der Waals surface area contributed by atoms with Crippen LogP contribution in [0.1, 0.15) is 33.1 Å². The lowest BCUT2D eigenvalue weighted by atomic mass is 10.0. The van der Waals surface area contributed by atoms with E-state index in [1.807, 2.05) is 60.7 Å². The molecule has 0 aliphatic carbocycles. The summed E-state index contributed by atoms with van der Waals surface area (Å²) in [7, 11) is 0. The molecule has 1 saturated heterocycles. The van der Waals surface area contributed by atoms with E-state index in [-0.39, 0.29) is 12.4 Å². The van der Waals surface area contributed by atoms with Crippen molar-refractivity contribution in [2.24, 2.45) is 5.73 Å². The Morgan fingerprint density at radius 1 is 0.851 bits per heavy atom. The monoisotopic (exact) mass is 633 g/mol. The second-order valence-corrected chi connectivity index (χ2v) is 10.8. The van der Waals surface area contributed by atoms with E-state index in [1.165, 1.54) is 22.2 Å². The van der Waals surface area contributed by atoms with E-state index in [4.69, 9.17) is 15.9 Å². The number of nitrogens with one attached hydrogen (secondary N) is 4. The molecule has 4 aromatic rings. The molecule has 47 heavy (non-hydrogen) atoms. The van der Waals surface area contributed by atoms with Crippen molar-refractivity contribution in [3.05, 3.63) is 138 Å². The summed E-state index contributed by atoms with van der Waals surface area (Å²) in [5.41, 5.74) is 8.98. The third-order valence-corrected chi connectivity index (χ3v) is 7.44. The third-order valence-electron chi connectivity index (χ3n) is 7.44. The summed E-state index contributed by atoms with van der Waals surface area (Å²) in [4.78, 5) is 52.3. The molecule has 12 nitrogen and oxygen atoms in total. The first-order valence-corrected chi connectivity index (χ1v) is 15.0. The highest BCUT2D eigenvalue weighted by atomic mass is 16.5. The molecule has 0 bridgehead atoms. The van der Waals surface area contributed by atoms with E-state index in [0.717, 1.165) is 11.1 Å². The number of amides is 4. The number of hydrogen-bond donors (Lipinski definition) is 5. The van der Waals surface area contributed by atoms with Gasteiger partial charge in [-0.05, 0) is 47.4 Å². The maximum atomic E-state index is 13.5. The molecule has 5 rings (SSSR count). The molecular weight excluding hydrogens is 598 g/mol. The first-order valence-electron chi connectivity index (χ1n) is 15.0. The van der Waals surface area contributed by atoms with Gasteiger partial charge in [-0.2, -0.15) is 5.01 Å². The number of hydrazine groups is 1. The highest BCUT2D eigenvalue weighted by molar-refractivity contribution is 6.07. The van der Waals surface area contributed by atoms with Crippen LogP contribution in [0.3, 0.4) is 0 Å². The largest absolute Gasteiger partial charge is 0.457 e. The summed E-state index contributed by atoms with van der Waals surface area (Å²) in [5, 5.41) is 19.0. The lowest BCUT2D eigenvalue weighted by Crippen LogP contribution is -2.71. The average molecular weight is 634 g/mol. The number of amidine groups is 1. The molecule has 1 aliphatic heterocycles. The molecule has 1 aliphatic rings. The van der Waals surface area contributed by atoms with Crippen LogP contribution in [0.4, 0.5) is 10.5 Å². The summed E-state index contributed by atoms with van der Waals surface area (Å²) >= 11 is 0. The number of hydrogen-bond acceptors (Lipinski definition) is 8. The Labute approximate surface area is 272 Å². The quantitative estimate of drug-likeness (QED) is 0.0849. The van der Waals surface area contributed by atoms with Crippen LogP contribution in [-0.4, -0.2) is 53.9 Å². The van der Waals surface area contributed by atoms with Crippen LogP contribution in [-0.2, 0) is 27.4 Å². The maximum Gasteiger partial charge on any atom is 0.343 e. The molecule has 4 aromatic carbocycles. The van der Waals surface area contributed by atoms with Crippen LogP contribution < -0.4 is 26.7 Å². The number of ether oxygens (including phenoxy) is 1. The Hall–Kier alpha value is -5.85. The SMILES string of the molecule is N=C(N)C(NC(=O)CN1C(NCCc2ccccc2)C(=O)NC(=O)N1c1ccccc1)c1ccc(C(=O)OCc2ccccc2)cc1. The first-order chi connectivity index (χ1) is 22.8. The van der Waals surface area contributed by atoms with Crippen molar-refractivity contribution in [3.63, 3.8) is 0 Å². The van der Waals surface area contributed by atoms with Crippen molar-refractivity contribution in [1.29, 1.82) is 5.41 Å². The standard InChI is InChI=1S/C35H35N7O5/c36-31(37)30(26-16-18-27(19-17-26)34(45)47-23-25-12-6-2-7-13-25)39-29(43)22-41-32(38-21-20-24-10-4-1-5-11-24)33(44)40-35(46)42(41)28-14-8-3-9-15-28/h1-19,30,32,38H,20-23H2,(H3,36,37)(H,39,43)(H,40,44,46). The number of para-hydroxylation sites is 1. The Bertz CT molecular complexity index is 1700. The van der Waals surface area contributed by atoms with Crippen molar-refractivity contribution in [1.82, 2.24) is 21.0 Å². The number of nitrogens with two attached hydrogens (primary N) is 1. The summed E-state index contributed by atoms with van der Waals surface area (Å²) in [6.45, 7) is 0.0741. The molecule has 4 amide bonds. The Morgan fingerprint density at radius 3 is 2.06 bits per heavy atom. The molecule has 0 aromatic heterocycles. The fourth-order valence-electron chi connectivity index (χ4n) is 5.10. The summed E-state index contributed by atoms with van der Waals surface area (Å²) < 4.78 is 5.39. The molecular formula is C35H35N7O5. The van der Waals surface area contributed by atoms with Crippen LogP contribution in [0.25, 0.3) is 0 Å². The third kappa shape index (κ3) is 8.45. The zero-order chi connectivity index (χ0) is 33.2. The van der Waals surface area contributed by atoms with Crippen molar-refractivity contribution < 1.29 is 23.9 Å². The molecule has 1 fully saturated rings. The van der Waals surface area contributed by atoms with Crippen LogP contribution in [0.2, 0.25) is 0 Å². The second-order valence-electron chi connectivity index (χ2n) is 10.8. The van der Waals surface area contributed by atoms with E-state index in [0.29, 0.717) is 29.8 Å². The van der Waals surface area contributed by atoms with E-state index < -0.39 is 42.6 Å². The number of urea groups is 1. The molecule has 0 spiro atoms. The number of benzene rings is 4. The second kappa shape index (κ2) is 15.4. The minimum Gasteiger partial charge on any atom is -0.457 e. The van der Waals surface area contributed by atoms with E-state index >= 15 is 0 Å². The van der Waals surface area contributed by atoms with Gasteiger partial charge < -0.3 is 15.8 Å². The molecule has 0 saturated carbocycles. The topological polar surface area (TPSA) is 170 Å². The zero-order valence-corrected chi connectivity index (χ0v) is 25.5. The maximum absolute atomic E-state index is 13.5. The fourth-order valence-corrected chi connectivity index (χ4v) is 5.10. The highest BCUT2D eigenvalue weighted by Gasteiger charge is 2.41. The van der Waals surface area contributed by atoms with Gasteiger partial charge in [-0.25, -0.2) is 14.6 Å². The van der Waals surface area contributed by atoms with Crippen molar-refractivity contribution in [3.8, 4) is 0 Å². The van der Waals surface area contributed by atoms with Crippen molar-refractivity contribution in [2.45, 2.75) is 25.2 Å². The smallest absolute Gasteiger partial charge is 0.343 e. The van der Waals surface area contributed by atoms with Crippen molar-refractivity contribution >= 4 is 35.3 Å². The summed E-state index contributed by atoms with van der Waals surface area (Å²) in [5.74, 6) is -2.08. The molecule has 0 radical (unpaired) electrons. The number of carbonyl (C=O) groups excluding carboxylic acids is 4.